The van der Waals surface area contributed by atoms with Crippen LogP contribution in [0.2, 0.25) is 0 Å². The van der Waals surface area contributed by atoms with Crippen LogP contribution in [0.5, 0.6) is 5.75 Å². The van der Waals surface area contributed by atoms with Gasteiger partial charge in [-0.2, -0.15) is 0 Å². The topological polar surface area (TPSA) is 66.8 Å². The zero-order valence-electron chi connectivity index (χ0n) is 19.3. The maximum absolute atomic E-state index is 13.3. The summed E-state index contributed by atoms with van der Waals surface area (Å²) in [5, 5.41) is 11.3. The Hall–Kier alpha value is -3.86. The van der Waals surface area contributed by atoms with Gasteiger partial charge in [0, 0.05) is 11.3 Å². The second-order valence-electron chi connectivity index (χ2n) is 8.31. The zero-order chi connectivity index (χ0) is 23.7. The van der Waals surface area contributed by atoms with E-state index in [4.69, 9.17) is 4.74 Å². The van der Waals surface area contributed by atoms with Gasteiger partial charge >= 0.3 is 0 Å². The van der Waals surface area contributed by atoms with Gasteiger partial charge in [-0.25, -0.2) is 0 Å². The van der Waals surface area contributed by atoms with Crippen LogP contribution >= 0.6 is 0 Å². The molecule has 3 aromatic carbocycles. The summed E-state index contributed by atoms with van der Waals surface area (Å²) in [5.74, 6) is -0.862. The molecule has 1 atom stereocenters. The number of rotatable bonds is 5. The highest BCUT2D eigenvalue weighted by atomic mass is 16.5. The Balaban J connectivity index is 1.91. The van der Waals surface area contributed by atoms with Crippen molar-refractivity contribution in [2.24, 2.45) is 0 Å². The van der Waals surface area contributed by atoms with Crippen molar-refractivity contribution >= 4 is 23.1 Å². The van der Waals surface area contributed by atoms with Crippen molar-refractivity contribution < 1.29 is 19.4 Å². The van der Waals surface area contributed by atoms with Crippen LogP contribution < -0.4 is 9.64 Å². The lowest BCUT2D eigenvalue weighted by atomic mass is 9.93. The van der Waals surface area contributed by atoms with E-state index in [0.717, 1.165) is 22.3 Å². The Morgan fingerprint density at radius 2 is 1.67 bits per heavy atom. The number of aliphatic hydroxyl groups is 1. The molecule has 5 nitrogen and oxygen atoms in total. The smallest absolute Gasteiger partial charge is 0.300 e. The molecule has 1 amide bonds. The predicted octanol–water partition coefficient (Wildman–Crippen LogP) is 5.64. The number of benzene rings is 3. The van der Waals surface area contributed by atoms with Crippen LogP contribution in [0.3, 0.4) is 0 Å². The fourth-order valence-electron chi connectivity index (χ4n) is 4.17. The molecule has 4 rings (SSSR count). The molecule has 0 aliphatic carbocycles. The Kier molecular flexibility index (Phi) is 6.05. The number of anilines is 1. The summed E-state index contributed by atoms with van der Waals surface area (Å²) >= 11 is 0. The number of ether oxygens (including phenoxy) is 1. The summed E-state index contributed by atoms with van der Waals surface area (Å²) in [7, 11) is 0. The van der Waals surface area contributed by atoms with Crippen molar-refractivity contribution in [2.75, 3.05) is 11.5 Å². The van der Waals surface area contributed by atoms with Gasteiger partial charge in [-0.3, -0.25) is 14.5 Å². The van der Waals surface area contributed by atoms with Crippen LogP contribution in [0.25, 0.3) is 5.76 Å². The first-order valence-corrected chi connectivity index (χ1v) is 11.0. The molecule has 0 aromatic heterocycles. The number of aryl methyl sites for hydroxylation is 3. The number of hydrogen-bond acceptors (Lipinski definition) is 4. The molecule has 0 spiro atoms. The van der Waals surface area contributed by atoms with Gasteiger partial charge in [0.2, 0.25) is 0 Å². The summed E-state index contributed by atoms with van der Waals surface area (Å²) in [5.41, 5.74) is 4.99. The molecular formula is C28H27NO4. The minimum atomic E-state index is -0.746. The Morgan fingerprint density at radius 3 is 2.30 bits per heavy atom. The molecule has 0 saturated carbocycles. The summed E-state index contributed by atoms with van der Waals surface area (Å²) in [4.78, 5) is 28.0. The van der Waals surface area contributed by atoms with E-state index in [2.05, 4.69) is 0 Å². The molecule has 3 aromatic rings. The lowest BCUT2D eigenvalue weighted by Gasteiger charge is -2.26. The largest absolute Gasteiger partial charge is 0.507 e. The molecule has 1 saturated heterocycles. The number of nitrogens with zero attached hydrogens (tertiary/aromatic N) is 1. The lowest BCUT2D eigenvalue weighted by Crippen LogP contribution is -2.29. The molecule has 1 unspecified atom stereocenters. The van der Waals surface area contributed by atoms with E-state index < -0.39 is 17.7 Å². The number of aliphatic hydroxyl groups excluding tert-OH is 1. The second kappa shape index (κ2) is 8.94. The molecule has 1 fully saturated rings. The molecule has 5 heteroatoms. The van der Waals surface area contributed by atoms with Crippen LogP contribution in [-0.4, -0.2) is 23.4 Å². The number of amides is 1. The summed E-state index contributed by atoms with van der Waals surface area (Å²) in [6.45, 7) is 8.31. The maximum Gasteiger partial charge on any atom is 0.300 e. The lowest BCUT2D eigenvalue weighted by molar-refractivity contribution is -0.132. The Bertz CT molecular complexity index is 1260. The third-order valence-corrected chi connectivity index (χ3v) is 6.01. The van der Waals surface area contributed by atoms with Gasteiger partial charge < -0.3 is 9.84 Å². The van der Waals surface area contributed by atoms with E-state index in [1.54, 1.807) is 30.3 Å². The minimum Gasteiger partial charge on any atom is -0.507 e. The monoisotopic (exact) mass is 441 g/mol. The summed E-state index contributed by atoms with van der Waals surface area (Å²) < 4.78 is 5.52. The zero-order valence-corrected chi connectivity index (χ0v) is 19.3. The number of ketones is 1. The standard InChI is InChI=1S/C28H27NO4/c1-5-33-23-13-11-22(12-14-23)29-25(20-8-6-7-17(2)15-20)24(27(31)28(29)32)26(30)21-10-9-18(3)19(4)16-21/h6-16,25,30H,5H2,1-4H3/b26-24-. The number of carbonyl (C=O) groups is 2. The molecule has 1 aliphatic rings. The SMILES string of the molecule is CCOc1ccc(N2C(=O)C(=O)/C(=C(\O)c3ccc(C)c(C)c3)C2c2cccc(C)c2)cc1. The molecule has 0 bridgehead atoms. The number of Topliss-reactive ketones (excluding diaryl/α,β-unsaturated/α-hetero) is 1. The fourth-order valence-corrected chi connectivity index (χ4v) is 4.17. The van der Waals surface area contributed by atoms with Gasteiger partial charge in [-0.05, 0) is 74.7 Å². The molecule has 0 radical (unpaired) electrons. The van der Waals surface area contributed by atoms with Crippen LogP contribution in [-0.2, 0) is 9.59 Å². The van der Waals surface area contributed by atoms with Gasteiger partial charge in [-0.1, -0.05) is 42.0 Å². The third-order valence-electron chi connectivity index (χ3n) is 6.01. The molecule has 1 aliphatic heterocycles. The first-order valence-electron chi connectivity index (χ1n) is 11.0. The van der Waals surface area contributed by atoms with Crippen molar-refractivity contribution in [1.29, 1.82) is 0 Å². The summed E-state index contributed by atoms with van der Waals surface area (Å²) in [6, 6.07) is 19.5. The first kappa shape index (κ1) is 22.3. The first-order chi connectivity index (χ1) is 15.8. The van der Waals surface area contributed by atoms with E-state index >= 15 is 0 Å². The summed E-state index contributed by atoms with van der Waals surface area (Å²) in [6.07, 6.45) is 0. The molecular weight excluding hydrogens is 414 g/mol. The van der Waals surface area contributed by atoms with Crippen molar-refractivity contribution in [3.05, 3.63) is 100 Å². The predicted molar refractivity (Wildman–Crippen MR) is 129 cm³/mol. The van der Waals surface area contributed by atoms with Crippen LogP contribution in [0.15, 0.2) is 72.3 Å². The highest BCUT2D eigenvalue weighted by Crippen LogP contribution is 2.42. The average Bonchev–Trinajstić information content (AvgIpc) is 3.06. The van der Waals surface area contributed by atoms with E-state index in [1.807, 2.05) is 64.1 Å². The third kappa shape index (κ3) is 4.14. The van der Waals surface area contributed by atoms with Crippen molar-refractivity contribution in [3.8, 4) is 5.75 Å². The van der Waals surface area contributed by atoms with Gasteiger partial charge in [-0.15, -0.1) is 0 Å². The highest BCUT2D eigenvalue weighted by molar-refractivity contribution is 6.51. The van der Waals surface area contributed by atoms with E-state index in [0.29, 0.717) is 23.6 Å². The minimum absolute atomic E-state index is 0.0859. The van der Waals surface area contributed by atoms with E-state index in [-0.39, 0.29) is 11.3 Å². The molecule has 1 heterocycles. The molecule has 33 heavy (non-hydrogen) atoms. The fraction of sp³-hybridized carbons (Fsp3) is 0.214. The van der Waals surface area contributed by atoms with Gasteiger partial charge in [0.1, 0.15) is 11.5 Å². The van der Waals surface area contributed by atoms with Crippen molar-refractivity contribution in [1.82, 2.24) is 0 Å². The maximum atomic E-state index is 13.3. The van der Waals surface area contributed by atoms with Crippen molar-refractivity contribution in [2.45, 2.75) is 33.7 Å². The van der Waals surface area contributed by atoms with Crippen LogP contribution in [0, 0.1) is 20.8 Å². The second-order valence-corrected chi connectivity index (χ2v) is 8.31. The quantitative estimate of drug-likeness (QED) is 0.316. The van der Waals surface area contributed by atoms with Gasteiger partial charge in [0.25, 0.3) is 11.7 Å². The van der Waals surface area contributed by atoms with Gasteiger partial charge in [0.15, 0.2) is 0 Å². The van der Waals surface area contributed by atoms with E-state index in [1.165, 1.54) is 4.90 Å². The normalized spacial score (nSPS) is 17.5. The number of carbonyl (C=O) groups excluding carboxylic acids is 2. The highest BCUT2D eigenvalue weighted by Gasteiger charge is 2.47. The Morgan fingerprint density at radius 1 is 0.939 bits per heavy atom. The van der Waals surface area contributed by atoms with Crippen LogP contribution in [0.1, 0.15) is 40.8 Å². The van der Waals surface area contributed by atoms with E-state index in [9.17, 15) is 14.7 Å². The molecule has 168 valence electrons. The van der Waals surface area contributed by atoms with Crippen LogP contribution in [0.4, 0.5) is 5.69 Å². The average molecular weight is 442 g/mol. The van der Waals surface area contributed by atoms with Gasteiger partial charge in [0.05, 0.1) is 18.2 Å². The number of hydrogen-bond donors (Lipinski definition) is 1. The van der Waals surface area contributed by atoms with Crippen molar-refractivity contribution in [3.63, 3.8) is 0 Å². The molecule has 1 N–H and O–H groups in total. The Labute approximate surface area is 193 Å².